The number of cyclic esters (lactones) is 1. The summed E-state index contributed by atoms with van der Waals surface area (Å²) in [5, 5.41) is 9.45. The normalized spacial score (nSPS) is 15.0. The van der Waals surface area contributed by atoms with E-state index in [1.54, 1.807) is 0 Å². The smallest absolute Gasteiger partial charge is 0.345 e. The average Bonchev–Trinajstić information content (AvgIpc) is 2.96. The number of aliphatic hydroxyl groups is 1. The van der Waals surface area contributed by atoms with Gasteiger partial charge in [-0.3, -0.25) is 4.79 Å². The first-order valence-corrected chi connectivity index (χ1v) is 9.74. The minimum absolute atomic E-state index is 0.148. The van der Waals surface area contributed by atoms with Crippen molar-refractivity contribution < 1.29 is 19.4 Å². The molecule has 0 aromatic rings. The summed E-state index contributed by atoms with van der Waals surface area (Å²) in [7, 11) is 0. The molecule has 0 radical (unpaired) electrons. The fraction of sp³-hybridized carbons (Fsp3) is 0.545. The van der Waals surface area contributed by atoms with Crippen molar-refractivity contribution in [2.45, 2.75) is 71.1 Å². The maximum Gasteiger partial charge on any atom is 0.345 e. The molecular formula is C22H32O4. The van der Waals surface area contributed by atoms with Crippen LogP contribution in [0.4, 0.5) is 0 Å². The largest absolute Gasteiger partial charge is 0.508 e. The number of ether oxygens (including phenoxy) is 1. The Hall–Kier alpha value is -2.10. The SMILES string of the molecule is CC/C=C\C/C=C\C/C=C\CCCCCCCC(=O)C1=C(O)COC1=O. The van der Waals surface area contributed by atoms with Gasteiger partial charge in [0.25, 0.3) is 0 Å². The first-order valence-electron chi connectivity index (χ1n) is 9.74. The molecule has 4 nitrogen and oxygen atoms in total. The van der Waals surface area contributed by atoms with Crippen LogP contribution in [0.2, 0.25) is 0 Å². The van der Waals surface area contributed by atoms with Crippen LogP contribution in [0.25, 0.3) is 0 Å². The number of ketones is 1. The third-order valence-corrected chi connectivity index (χ3v) is 4.17. The lowest BCUT2D eigenvalue weighted by Crippen LogP contribution is -2.10. The van der Waals surface area contributed by atoms with Crippen molar-refractivity contribution in [1.82, 2.24) is 0 Å². The van der Waals surface area contributed by atoms with Gasteiger partial charge >= 0.3 is 5.97 Å². The van der Waals surface area contributed by atoms with Crippen molar-refractivity contribution in [1.29, 1.82) is 0 Å². The molecule has 0 saturated carbocycles. The van der Waals surface area contributed by atoms with Gasteiger partial charge in [0.05, 0.1) is 0 Å². The standard InChI is InChI=1S/C22H32O4/c1-2-3-4-5-6-7-8-9-10-11-12-13-14-15-16-17-19(23)21-20(24)18-26-22(21)25/h3-4,6-7,9-10,24H,2,5,8,11-18H2,1H3/b4-3-,7-6-,10-9-. The summed E-state index contributed by atoms with van der Waals surface area (Å²) in [5.41, 5.74) is -0.148. The van der Waals surface area contributed by atoms with Crippen LogP contribution in [-0.2, 0) is 14.3 Å². The van der Waals surface area contributed by atoms with Gasteiger partial charge in [-0.2, -0.15) is 0 Å². The topological polar surface area (TPSA) is 63.6 Å². The van der Waals surface area contributed by atoms with Crippen LogP contribution < -0.4 is 0 Å². The van der Waals surface area contributed by atoms with Gasteiger partial charge in [-0.1, -0.05) is 62.6 Å². The Morgan fingerprint density at radius 1 is 0.962 bits per heavy atom. The molecule has 0 aromatic heterocycles. The third-order valence-electron chi connectivity index (χ3n) is 4.17. The van der Waals surface area contributed by atoms with Gasteiger partial charge in [0.15, 0.2) is 5.78 Å². The van der Waals surface area contributed by atoms with E-state index in [1.165, 1.54) is 0 Å². The zero-order valence-corrected chi connectivity index (χ0v) is 15.9. The lowest BCUT2D eigenvalue weighted by Gasteiger charge is -2.01. The number of hydrogen-bond donors (Lipinski definition) is 1. The quantitative estimate of drug-likeness (QED) is 0.192. The van der Waals surface area contributed by atoms with E-state index >= 15 is 0 Å². The number of carbonyl (C=O) groups is 2. The molecule has 1 rings (SSSR count). The third kappa shape index (κ3) is 9.40. The highest BCUT2D eigenvalue weighted by Crippen LogP contribution is 2.17. The molecule has 0 amide bonds. The highest BCUT2D eigenvalue weighted by atomic mass is 16.5. The first kappa shape index (κ1) is 21.9. The Balaban J connectivity index is 1.96. The van der Waals surface area contributed by atoms with E-state index in [9.17, 15) is 14.7 Å². The van der Waals surface area contributed by atoms with Gasteiger partial charge in [-0.15, -0.1) is 0 Å². The number of allylic oxidation sites excluding steroid dienone is 6. The Bertz CT molecular complexity index is 552. The van der Waals surface area contributed by atoms with Crippen LogP contribution in [0.5, 0.6) is 0 Å². The molecular weight excluding hydrogens is 328 g/mol. The van der Waals surface area contributed by atoms with Crippen molar-refractivity contribution >= 4 is 11.8 Å². The highest BCUT2D eigenvalue weighted by molar-refractivity contribution is 6.18. The first-order chi connectivity index (χ1) is 12.7. The van der Waals surface area contributed by atoms with E-state index < -0.39 is 5.97 Å². The minimum atomic E-state index is -0.688. The van der Waals surface area contributed by atoms with Crippen molar-refractivity contribution in [3.63, 3.8) is 0 Å². The van der Waals surface area contributed by atoms with Gasteiger partial charge in [0, 0.05) is 6.42 Å². The zero-order valence-electron chi connectivity index (χ0n) is 15.9. The van der Waals surface area contributed by atoms with E-state index in [0.29, 0.717) is 6.42 Å². The Morgan fingerprint density at radius 3 is 2.23 bits per heavy atom. The lowest BCUT2D eigenvalue weighted by atomic mass is 10.0. The maximum atomic E-state index is 11.9. The van der Waals surface area contributed by atoms with Gasteiger partial charge < -0.3 is 9.84 Å². The van der Waals surface area contributed by atoms with Crippen molar-refractivity contribution in [3.8, 4) is 0 Å². The zero-order chi connectivity index (χ0) is 19.0. The summed E-state index contributed by atoms with van der Waals surface area (Å²) in [4.78, 5) is 23.2. The van der Waals surface area contributed by atoms with Crippen LogP contribution in [0.3, 0.4) is 0 Å². The molecule has 0 atom stereocenters. The van der Waals surface area contributed by atoms with Crippen LogP contribution >= 0.6 is 0 Å². The molecule has 0 fully saturated rings. The molecule has 0 spiro atoms. The lowest BCUT2D eigenvalue weighted by molar-refractivity contribution is -0.137. The molecule has 1 aliphatic heterocycles. The second-order valence-corrected chi connectivity index (χ2v) is 6.42. The molecule has 0 bridgehead atoms. The van der Waals surface area contributed by atoms with E-state index in [1.807, 2.05) is 0 Å². The molecule has 0 unspecified atom stereocenters. The molecule has 0 saturated heterocycles. The number of esters is 1. The summed E-state index contributed by atoms with van der Waals surface area (Å²) in [6, 6.07) is 0. The molecule has 1 aliphatic rings. The molecule has 144 valence electrons. The number of hydrogen-bond acceptors (Lipinski definition) is 4. The summed E-state index contributed by atoms with van der Waals surface area (Å²) >= 11 is 0. The number of Topliss-reactive ketones (excluding diaryl/α,β-unsaturated/α-hetero) is 1. The van der Waals surface area contributed by atoms with Gasteiger partial charge in [0.2, 0.25) is 0 Å². The van der Waals surface area contributed by atoms with Crippen LogP contribution in [0.15, 0.2) is 47.8 Å². The molecule has 0 aromatic carbocycles. The predicted octanol–water partition coefficient (Wildman–Crippen LogP) is 5.51. The van der Waals surface area contributed by atoms with Crippen molar-refractivity contribution in [2.24, 2.45) is 0 Å². The fourth-order valence-electron chi connectivity index (χ4n) is 2.70. The Labute approximate surface area is 157 Å². The molecule has 0 aliphatic carbocycles. The number of aliphatic hydroxyl groups excluding tert-OH is 1. The summed E-state index contributed by atoms with van der Waals surface area (Å²) in [5.74, 6) is -1.21. The minimum Gasteiger partial charge on any atom is -0.508 e. The van der Waals surface area contributed by atoms with Crippen LogP contribution in [-0.4, -0.2) is 23.5 Å². The van der Waals surface area contributed by atoms with Gasteiger partial charge in [-0.05, 0) is 38.5 Å². The van der Waals surface area contributed by atoms with Crippen LogP contribution in [0.1, 0.15) is 71.1 Å². The molecule has 26 heavy (non-hydrogen) atoms. The molecule has 1 heterocycles. The second kappa shape index (κ2) is 14.1. The van der Waals surface area contributed by atoms with Gasteiger partial charge in [0.1, 0.15) is 17.9 Å². The molecule has 4 heteroatoms. The Kier molecular flexibility index (Phi) is 11.9. The van der Waals surface area contributed by atoms with E-state index in [2.05, 4.69) is 48.1 Å². The highest BCUT2D eigenvalue weighted by Gasteiger charge is 2.29. The average molecular weight is 360 g/mol. The number of carbonyl (C=O) groups excluding carboxylic acids is 2. The van der Waals surface area contributed by atoms with Crippen LogP contribution in [0, 0.1) is 0 Å². The monoisotopic (exact) mass is 360 g/mol. The van der Waals surface area contributed by atoms with E-state index in [4.69, 9.17) is 0 Å². The summed E-state index contributed by atoms with van der Waals surface area (Å²) < 4.78 is 4.63. The number of rotatable bonds is 14. The van der Waals surface area contributed by atoms with Gasteiger partial charge in [-0.25, -0.2) is 4.79 Å². The Morgan fingerprint density at radius 2 is 1.58 bits per heavy atom. The van der Waals surface area contributed by atoms with E-state index in [-0.39, 0.29) is 23.7 Å². The van der Waals surface area contributed by atoms with Crippen molar-refractivity contribution in [2.75, 3.05) is 6.61 Å². The summed E-state index contributed by atoms with van der Waals surface area (Å²) in [6.07, 6.45) is 22.8. The second-order valence-electron chi connectivity index (χ2n) is 6.42. The molecule has 1 N–H and O–H groups in total. The van der Waals surface area contributed by atoms with Crippen molar-refractivity contribution in [3.05, 3.63) is 47.8 Å². The summed E-state index contributed by atoms with van der Waals surface area (Å²) in [6.45, 7) is 1.97. The number of unbranched alkanes of at least 4 members (excludes halogenated alkanes) is 5. The predicted molar refractivity (Wildman–Crippen MR) is 105 cm³/mol. The fourth-order valence-corrected chi connectivity index (χ4v) is 2.70. The van der Waals surface area contributed by atoms with E-state index in [0.717, 1.165) is 57.8 Å². The maximum absolute atomic E-state index is 11.9.